The molecule has 0 aliphatic carbocycles. The van der Waals surface area contributed by atoms with Gasteiger partial charge >= 0.3 is 5.97 Å². The zero-order chi connectivity index (χ0) is 14.6. The first-order chi connectivity index (χ1) is 8.76. The van der Waals surface area contributed by atoms with Gasteiger partial charge in [-0.25, -0.2) is 8.42 Å². The van der Waals surface area contributed by atoms with Gasteiger partial charge in [0.2, 0.25) is 0 Å². The van der Waals surface area contributed by atoms with Gasteiger partial charge in [-0.15, -0.1) is 0 Å². The summed E-state index contributed by atoms with van der Waals surface area (Å²) in [5.74, 6) is -0.929. The Bertz CT molecular complexity index is 536. The highest BCUT2D eigenvalue weighted by Crippen LogP contribution is 2.18. The number of carbonyl (C=O) groups is 1. The lowest BCUT2D eigenvalue weighted by molar-refractivity contribution is -0.137. The Morgan fingerprint density at radius 3 is 2.58 bits per heavy atom. The van der Waals surface area contributed by atoms with E-state index < -0.39 is 16.0 Å². The first-order valence-electron chi connectivity index (χ1n) is 5.98. The molecule has 0 atom stereocenters. The summed E-state index contributed by atoms with van der Waals surface area (Å²) >= 11 is 0. The molecule has 19 heavy (non-hydrogen) atoms. The maximum atomic E-state index is 12.4. The Kier molecular flexibility index (Phi) is 5.07. The SMILES string of the molecule is CC(C)N(CCCC(=O)O)S(=O)(=O)c1ccnn1C. The monoisotopic (exact) mass is 289 g/mol. The standard InChI is InChI=1S/C11H19N3O4S/c1-9(2)14(8-4-5-11(15)16)19(17,18)10-6-7-12-13(10)3/h6-7,9H,4-5,8H2,1-3H3,(H,15,16). The van der Waals surface area contributed by atoms with Crippen LogP contribution in [0.3, 0.4) is 0 Å². The number of carboxylic acids is 1. The van der Waals surface area contributed by atoms with Crippen molar-refractivity contribution in [2.75, 3.05) is 6.54 Å². The van der Waals surface area contributed by atoms with Gasteiger partial charge in [0.25, 0.3) is 10.0 Å². The predicted octanol–water partition coefficient (Wildman–Crippen LogP) is 0.684. The Morgan fingerprint density at radius 2 is 2.16 bits per heavy atom. The summed E-state index contributed by atoms with van der Waals surface area (Å²) in [6.45, 7) is 3.70. The highest BCUT2D eigenvalue weighted by molar-refractivity contribution is 7.89. The molecule has 7 nitrogen and oxygen atoms in total. The molecule has 1 aromatic heterocycles. The molecular formula is C11H19N3O4S. The second kappa shape index (κ2) is 6.16. The largest absolute Gasteiger partial charge is 0.481 e. The first-order valence-corrected chi connectivity index (χ1v) is 7.42. The molecule has 1 heterocycles. The van der Waals surface area contributed by atoms with E-state index in [9.17, 15) is 13.2 Å². The van der Waals surface area contributed by atoms with Crippen molar-refractivity contribution in [2.45, 2.75) is 37.8 Å². The van der Waals surface area contributed by atoms with E-state index in [2.05, 4.69) is 5.10 Å². The average molecular weight is 289 g/mol. The number of hydrogen-bond donors (Lipinski definition) is 1. The van der Waals surface area contributed by atoms with Crippen molar-refractivity contribution < 1.29 is 18.3 Å². The Morgan fingerprint density at radius 1 is 1.53 bits per heavy atom. The third-order valence-electron chi connectivity index (χ3n) is 2.69. The molecule has 0 spiro atoms. The van der Waals surface area contributed by atoms with E-state index in [0.717, 1.165) is 0 Å². The second-order valence-electron chi connectivity index (χ2n) is 4.50. The van der Waals surface area contributed by atoms with Crippen molar-refractivity contribution in [1.29, 1.82) is 0 Å². The number of sulfonamides is 1. The van der Waals surface area contributed by atoms with Crippen LogP contribution in [0, 0.1) is 0 Å². The summed E-state index contributed by atoms with van der Waals surface area (Å²) in [6, 6.07) is 1.19. The summed E-state index contributed by atoms with van der Waals surface area (Å²) < 4.78 is 27.5. The minimum absolute atomic E-state index is 0.0515. The van der Waals surface area contributed by atoms with Crippen molar-refractivity contribution >= 4 is 16.0 Å². The highest BCUT2D eigenvalue weighted by Gasteiger charge is 2.29. The average Bonchev–Trinajstić information content (AvgIpc) is 2.70. The van der Waals surface area contributed by atoms with E-state index in [0.29, 0.717) is 0 Å². The summed E-state index contributed by atoms with van der Waals surface area (Å²) in [5.41, 5.74) is 0. The molecular weight excluding hydrogens is 270 g/mol. The molecule has 8 heteroatoms. The van der Waals surface area contributed by atoms with Crippen molar-refractivity contribution in [1.82, 2.24) is 14.1 Å². The Balaban J connectivity index is 2.93. The van der Waals surface area contributed by atoms with Gasteiger partial charge in [0, 0.05) is 26.1 Å². The summed E-state index contributed by atoms with van der Waals surface area (Å²) in [6.07, 6.45) is 1.65. The van der Waals surface area contributed by atoms with Crippen molar-refractivity contribution in [3.63, 3.8) is 0 Å². The van der Waals surface area contributed by atoms with Crippen molar-refractivity contribution in [3.05, 3.63) is 12.3 Å². The number of hydrogen-bond acceptors (Lipinski definition) is 4. The molecule has 0 bridgehead atoms. The molecule has 1 aromatic rings. The molecule has 0 aliphatic heterocycles. The van der Waals surface area contributed by atoms with E-state index >= 15 is 0 Å². The van der Waals surface area contributed by atoms with Crippen LogP contribution >= 0.6 is 0 Å². The summed E-state index contributed by atoms with van der Waals surface area (Å²) in [4.78, 5) is 10.5. The van der Waals surface area contributed by atoms with Crippen LogP contribution in [-0.4, -0.2) is 46.2 Å². The van der Waals surface area contributed by atoms with Crippen LogP contribution in [-0.2, 0) is 21.9 Å². The molecule has 108 valence electrons. The van der Waals surface area contributed by atoms with Crippen molar-refractivity contribution in [3.8, 4) is 0 Å². The Hall–Kier alpha value is -1.41. The zero-order valence-corrected chi connectivity index (χ0v) is 12.1. The fourth-order valence-electron chi connectivity index (χ4n) is 1.78. The number of aromatic nitrogens is 2. The lowest BCUT2D eigenvalue weighted by Crippen LogP contribution is -2.38. The maximum absolute atomic E-state index is 12.4. The number of aliphatic carboxylic acids is 1. The molecule has 1 rings (SSSR count). The molecule has 0 fully saturated rings. The third-order valence-corrected chi connectivity index (χ3v) is 4.84. The van der Waals surface area contributed by atoms with Crippen LogP contribution in [0.15, 0.2) is 17.3 Å². The molecule has 0 unspecified atom stereocenters. The smallest absolute Gasteiger partial charge is 0.303 e. The number of carboxylic acid groups (broad SMARTS) is 1. The van der Waals surface area contributed by atoms with Gasteiger partial charge in [-0.1, -0.05) is 0 Å². The van der Waals surface area contributed by atoms with E-state index in [1.54, 1.807) is 20.9 Å². The first kappa shape index (κ1) is 15.6. The third kappa shape index (κ3) is 3.77. The van der Waals surface area contributed by atoms with Gasteiger partial charge in [0.05, 0.1) is 6.20 Å². The van der Waals surface area contributed by atoms with Crippen LogP contribution in [0.1, 0.15) is 26.7 Å². The normalized spacial score (nSPS) is 12.3. The molecule has 0 saturated heterocycles. The molecule has 1 N–H and O–H groups in total. The number of rotatable bonds is 7. The van der Waals surface area contributed by atoms with Gasteiger partial charge in [-0.2, -0.15) is 9.40 Å². The van der Waals surface area contributed by atoms with Crippen LogP contribution in [0.5, 0.6) is 0 Å². The minimum Gasteiger partial charge on any atom is -0.481 e. The van der Waals surface area contributed by atoms with Gasteiger partial charge in [0.1, 0.15) is 0 Å². The van der Waals surface area contributed by atoms with E-state index in [4.69, 9.17) is 5.11 Å². The molecule has 0 saturated carbocycles. The molecule has 0 amide bonds. The van der Waals surface area contributed by atoms with Gasteiger partial charge < -0.3 is 5.11 Å². The van der Waals surface area contributed by atoms with Crippen LogP contribution in [0.25, 0.3) is 0 Å². The molecule has 0 aliphatic rings. The lowest BCUT2D eigenvalue weighted by atomic mass is 10.3. The highest BCUT2D eigenvalue weighted by atomic mass is 32.2. The summed E-state index contributed by atoms with van der Waals surface area (Å²) in [5, 5.41) is 12.6. The number of nitrogens with zero attached hydrogens (tertiary/aromatic N) is 3. The van der Waals surface area contributed by atoms with Crippen LogP contribution in [0.2, 0.25) is 0 Å². The Labute approximate surface area is 112 Å². The van der Waals surface area contributed by atoms with Gasteiger partial charge in [-0.05, 0) is 26.3 Å². The minimum atomic E-state index is -3.64. The number of aryl methyl sites for hydroxylation is 1. The fraction of sp³-hybridized carbons (Fsp3) is 0.636. The van der Waals surface area contributed by atoms with Gasteiger partial charge in [0.15, 0.2) is 5.03 Å². The maximum Gasteiger partial charge on any atom is 0.303 e. The zero-order valence-electron chi connectivity index (χ0n) is 11.3. The van der Waals surface area contributed by atoms with Crippen LogP contribution in [0.4, 0.5) is 0 Å². The van der Waals surface area contributed by atoms with E-state index in [1.807, 2.05) is 0 Å². The van der Waals surface area contributed by atoms with E-state index in [1.165, 1.54) is 21.3 Å². The lowest BCUT2D eigenvalue weighted by Gasteiger charge is -2.25. The molecule has 0 radical (unpaired) electrons. The molecule has 0 aromatic carbocycles. The fourth-order valence-corrected chi connectivity index (χ4v) is 3.56. The van der Waals surface area contributed by atoms with Gasteiger partial charge in [-0.3, -0.25) is 9.48 Å². The van der Waals surface area contributed by atoms with E-state index in [-0.39, 0.29) is 30.5 Å². The quantitative estimate of drug-likeness (QED) is 0.797. The summed E-state index contributed by atoms with van der Waals surface area (Å²) in [7, 11) is -2.09. The second-order valence-corrected chi connectivity index (χ2v) is 6.34. The topological polar surface area (TPSA) is 92.5 Å². The van der Waals surface area contributed by atoms with Crippen molar-refractivity contribution in [2.24, 2.45) is 7.05 Å². The van der Waals surface area contributed by atoms with Crippen LogP contribution < -0.4 is 0 Å². The predicted molar refractivity (Wildman–Crippen MR) is 69.1 cm³/mol.